The van der Waals surface area contributed by atoms with Gasteiger partial charge in [0.05, 0.1) is 29.6 Å². The fraction of sp³-hybridized carbons (Fsp3) is 0.458. The lowest BCUT2D eigenvalue weighted by atomic mass is 9.84. The molecule has 5 heterocycles. The van der Waals surface area contributed by atoms with E-state index in [-0.39, 0.29) is 45.2 Å². The van der Waals surface area contributed by atoms with E-state index >= 15 is 4.79 Å². The van der Waals surface area contributed by atoms with Crippen molar-refractivity contribution in [1.29, 1.82) is 0 Å². The number of Topliss-reactive ketones (excluding diaryl/α,β-unsaturated/α-hetero) is 1. The number of aromatic nitrogens is 4. The lowest BCUT2D eigenvalue weighted by molar-refractivity contribution is -0.145. The molecule has 0 saturated carbocycles. The first-order valence-electron chi connectivity index (χ1n) is 23.2. The van der Waals surface area contributed by atoms with Crippen LogP contribution in [-0.4, -0.2) is 109 Å². The molecule has 3 aromatic heterocycles. The van der Waals surface area contributed by atoms with Crippen molar-refractivity contribution in [3.05, 3.63) is 77.5 Å². The summed E-state index contributed by atoms with van der Waals surface area (Å²) in [5.41, 5.74) is 14.7. The Labute approximate surface area is 397 Å². The van der Waals surface area contributed by atoms with Gasteiger partial charge in [-0.2, -0.15) is 0 Å². The van der Waals surface area contributed by atoms with Gasteiger partial charge in [-0.3, -0.25) is 38.4 Å². The number of amides is 7. The molecule has 360 valence electrons. The van der Waals surface area contributed by atoms with Crippen LogP contribution < -0.4 is 32.7 Å². The van der Waals surface area contributed by atoms with Gasteiger partial charge in [-0.15, -0.1) is 16.4 Å². The minimum atomic E-state index is -1.37. The Hall–Kier alpha value is -6.96. The highest BCUT2D eigenvalue weighted by Gasteiger charge is 2.45. The number of para-hydroxylation sites is 1. The third-order valence-electron chi connectivity index (χ3n) is 13.1. The number of carbonyl (C=O) groups is 8. The molecule has 4 aromatic rings. The molecule has 20 heteroatoms. The number of benzene rings is 1. The number of fused-ring (bicyclic) bond motifs is 2. The van der Waals surface area contributed by atoms with Gasteiger partial charge in [-0.1, -0.05) is 61.9 Å². The molecule has 0 unspecified atom stereocenters. The average Bonchev–Trinajstić information content (AvgIpc) is 4.18. The van der Waals surface area contributed by atoms with Gasteiger partial charge >= 0.3 is 0 Å². The number of hydrogen-bond donors (Lipinski definition) is 7. The second kappa shape index (κ2) is 22.2. The van der Waals surface area contributed by atoms with Crippen LogP contribution in [0.25, 0.3) is 27.0 Å². The highest BCUT2D eigenvalue weighted by molar-refractivity contribution is 7.16. The van der Waals surface area contributed by atoms with Crippen molar-refractivity contribution in [3.63, 3.8) is 0 Å². The fourth-order valence-electron chi connectivity index (χ4n) is 9.02. The summed E-state index contributed by atoms with van der Waals surface area (Å²) in [4.78, 5) is 116. The van der Waals surface area contributed by atoms with Crippen molar-refractivity contribution >= 4 is 74.9 Å². The highest BCUT2D eigenvalue weighted by Crippen LogP contribution is 2.36. The zero-order chi connectivity index (χ0) is 48.5. The largest absolute Gasteiger partial charge is 0.370 e. The molecule has 1 aliphatic carbocycles. The molecule has 68 heavy (non-hydrogen) atoms. The monoisotopic (exact) mass is 949 g/mol. The predicted octanol–water partition coefficient (Wildman–Crippen LogP) is 2.73. The second-order valence-electron chi connectivity index (χ2n) is 17.9. The number of H-pyrrole nitrogens is 1. The number of aromatic amines is 1. The molecule has 1 aromatic carbocycles. The van der Waals surface area contributed by atoms with Crippen molar-refractivity contribution in [2.45, 2.75) is 115 Å². The van der Waals surface area contributed by atoms with Crippen LogP contribution in [0.1, 0.15) is 94.5 Å². The van der Waals surface area contributed by atoms with Gasteiger partial charge in [0.15, 0.2) is 5.78 Å². The summed E-state index contributed by atoms with van der Waals surface area (Å²) in [5.74, 6) is -6.64. The summed E-state index contributed by atoms with van der Waals surface area (Å²) in [6.45, 7) is 3.85. The molecule has 7 amide bonds. The SMILES string of the molecule is CC[C@H](C)[C@@H]1CC(=O)[C@H](CC(N)=O)NC(=O)CCC(=O)NCCCC[C@@H](C(N)=O)NC(=O)[C@H](Cc2c[nH]c3ccccc23)NC(=O)[C@@H]2C[C@H](n3cc(-c4ccc(C5=CC=CC5)s4)nn3)CN2C1=O. The molecular weight excluding hydrogens is 891 g/mol. The molecule has 2 aliphatic heterocycles. The summed E-state index contributed by atoms with van der Waals surface area (Å²) < 4.78 is 1.63. The number of ketones is 1. The van der Waals surface area contributed by atoms with Crippen molar-refractivity contribution in [1.82, 2.24) is 46.1 Å². The number of nitrogens with one attached hydrogen (secondary N) is 5. The van der Waals surface area contributed by atoms with E-state index < -0.39 is 102 Å². The Bertz CT molecular complexity index is 2610. The minimum Gasteiger partial charge on any atom is -0.370 e. The smallest absolute Gasteiger partial charge is 0.243 e. The maximum absolute atomic E-state index is 15.1. The summed E-state index contributed by atoms with van der Waals surface area (Å²) in [5, 5.41) is 20.7. The third-order valence-corrected chi connectivity index (χ3v) is 14.3. The van der Waals surface area contributed by atoms with Crippen LogP contribution in [0.3, 0.4) is 0 Å². The fourth-order valence-corrected chi connectivity index (χ4v) is 10.0. The van der Waals surface area contributed by atoms with Crippen LogP contribution >= 0.6 is 11.3 Å². The Kier molecular flexibility index (Phi) is 16.0. The van der Waals surface area contributed by atoms with Gasteiger partial charge < -0.3 is 42.6 Å². The standard InChI is InChI=1S/C48H59N11O8S/c1-3-27(2)32-22-39(60)35(23-42(49)61)53-44(63)18-17-43(62)51-19-9-8-14-34(45(50)64)54-46(65)36(20-29-24-52-33-13-7-6-12-31(29)33)55-47(66)38-21-30(25-58(38)48(32)67)59-26-37(56-57-59)41-16-15-40(68-41)28-10-4-5-11-28/h4-7,10,12-13,15-16,24,26-27,30,32,34-36,38,52H,3,8-9,11,14,17-23,25H2,1-2H3,(H2,49,61)(H2,50,64)(H,51,62)(H,53,63)(H,54,65)(H,55,66)/t27-,30-,32-,34-,35-,36-,38-/m0/s1. The normalized spacial score (nSPS) is 24.4. The number of nitrogens with zero attached hydrogens (tertiary/aromatic N) is 4. The summed E-state index contributed by atoms with van der Waals surface area (Å²) in [6.07, 6.45) is 10.5. The topological polar surface area (TPSA) is 286 Å². The van der Waals surface area contributed by atoms with Crippen LogP contribution in [0.5, 0.6) is 0 Å². The van der Waals surface area contributed by atoms with Crippen molar-refractivity contribution < 1.29 is 38.4 Å². The summed E-state index contributed by atoms with van der Waals surface area (Å²) >= 11 is 1.58. The Morgan fingerprint density at radius 2 is 1.71 bits per heavy atom. The first-order chi connectivity index (χ1) is 32.7. The summed E-state index contributed by atoms with van der Waals surface area (Å²) in [6, 6.07) is 6.02. The molecule has 7 rings (SSSR count). The molecule has 0 radical (unpaired) electrons. The highest BCUT2D eigenvalue weighted by atomic mass is 32.1. The molecule has 0 bridgehead atoms. The van der Waals surface area contributed by atoms with E-state index in [0.717, 1.165) is 27.1 Å². The first-order valence-corrected chi connectivity index (χ1v) is 24.0. The number of nitrogens with two attached hydrogens (primary N) is 2. The Balaban J connectivity index is 1.24. The van der Waals surface area contributed by atoms with Crippen molar-refractivity contribution in [2.75, 3.05) is 13.1 Å². The maximum Gasteiger partial charge on any atom is 0.243 e. The van der Waals surface area contributed by atoms with Gasteiger partial charge in [0.1, 0.15) is 23.8 Å². The predicted molar refractivity (Wildman–Crippen MR) is 254 cm³/mol. The van der Waals surface area contributed by atoms with Gasteiger partial charge in [0.2, 0.25) is 41.4 Å². The van der Waals surface area contributed by atoms with Gasteiger partial charge in [-0.25, -0.2) is 4.68 Å². The molecule has 2 saturated heterocycles. The van der Waals surface area contributed by atoms with Crippen LogP contribution in [0.15, 0.2) is 67.0 Å². The Morgan fingerprint density at radius 3 is 2.46 bits per heavy atom. The molecule has 9 N–H and O–H groups in total. The minimum absolute atomic E-state index is 0.00235. The first kappa shape index (κ1) is 49.0. The Morgan fingerprint density at radius 1 is 0.926 bits per heavy atom. The molecular formula is C48H59N11O8S. The van der Waals surface area contributed by atoms with Gasteiger partial charge in [0.25, 0.3) is 0 Å². The lowest BCUT2D eigenvalue weighted by Crippen LogP contribution is -2.57. The van der Waals surface area contributed by atoms with Crippen LogP contribution in [-0.2, 0) is 44.8 Å². The van der Waals surface area contributed by atoms with Crippen molar-refractivity contribution in [3.8, 4) is 10.6 Å². The van der Waals surface area contributed by atoms with E-state index in [1.54, 1.807) is 35.3 Å². The van der Waals surface area contributed by atoms with Gasteiger partial charge in [0, 0.05) is 73.1 Å². The maximum atomic E-state index is 15.1. The molecule has 2 fully saturated rings. The van der Waals surface area contributed by atoms with E-state index in [2.05, 4.69) is 48.7 Å². The molecule has 7 atom stereocenters. The van der Waals surface area contributed by atoms with Gasteiger partial charge in [-0.05, 0) is 60.9 Å². The number of hydrogen-bond acceptors (Lipinski definition) is 11. The zero-order valence-corrected chi connectivity index (χ0v) is 39.0. The average molecular weight is 950 g/mol. The number of primary amides is 2. The van der Waals surface area contributed by atoms with E-state index in [0.29, 0.717) is 30.5 Å². The zero-order valence-electron chi connectivity index (χ0n) is 38.2. The third kappa shape index (κ3) is 11.9. The second-order valence-corrected chi connectivity index (χ2v) is 18.9. The number of carbonyl (C=O) groups excluding carboxylic acids is 8. The van der Waals surface area contributed by atoms with E-state index in [1.165, 1.54) is 10.5 Å². The van der Waals surface area contributed by atoms with E-state index in [9.17, 15) is 33.6 Å². The number of rotatable bonds is 10. The van der Waals surface area contributed by atoms with Crippen molar-refractivity contribution in [2.24, 2.45) is 23.3 Å². The van der Waals surface area contributed by atoms with Crippen LogP contribution in [0.2, 0.25) is 0 Å². The quantitative estimate of drug-likeness (QED) is 0.122. The molecule has 0 spiro atoms. The number of thiophene rings is 1. The van der Waals surface area contributed by atoms with E-state index in [1.807, 2.05) is 49.4 Å². The van der Waals surface area contributed by atoms with E-state index in [4.69, 9.17) is 11.5 Å². The number of allylic oxidation sites excluding steroid dienone is 4. The molecule has 19 nitrogen and oxygen atoms in total. The molecule has 3 aliphatic rings. The summed E-state index contributed by atoms with van der Waals surface area (Å²) in [7, 11) is 0. The lowest BCUT2D eigenvalue weighted by Gasteiger charge is -2.32. The van der Waals surface area contributed by atoms with Crippen LogP contribution in [0.4, 0.5) is 0 Å². The van der Waals surface area contributed by atoms with Crippen LogP contribution in [0, 0.1) is 11.8 Å².